The van der Waals surface area contributed by atoms with Gasteiger partial charge in [0.25, 0.3) is 0 Å². The topological polar surface area (TPSA) is 43.7 Å². The number of benzene rings is 1. The van der Waals surface area contributed by atoms with Crippen molar-refractivity contribution in [1.82, 2.24) is 9.47 Å². The highest BCUT2D eigenvalue weighted by molar-refractivity contribution is 5.87. The second-order valence-electron chi connectivity index (χ2n) is 6.54. The largest absolute Gasteiger partial charge is 0.497 e. The molecule has 2 heterocycles. The third kappa shape index (κ3) is 3.46. The third-order valence-corrected chi connectivity index (χ3v) is 4.97. The average molecular weight is 344 g/mol. The van der Waals surface area contributed by atoms with Gasteiger partial charge >= 0.3 is 6.09 Å². The average Bonchev–Trinajstić information content (AvgIpc) is 2.94. The molecule has 0 atom stereocenters. The van der Waals surface area contributed by atoms with Crippen molar-refractivity contribution in [3.63, 3.8) is 0 Å². The number of fused-ring (bicyclic) bond motifs is 3. The smallest absolute Gasteiger partial charge is 0.410 e. The zero-order chi connectivity index (χ0) is 17.8. The highest BCUT2D eigenvalue weighted by Gasteiger charge is 2.27. The molecule has 0 bridgehead atoms. The van der Waals surface area contributed by atoms with Crippen LogP contribution in [0.5, 0.6) is 5.75 Å². The molecule has 5 nitrogen and oxygen atoms in total. The van der Waals surface area contributed by atoms with E-state index in [2.05, 4.69) is 23.6 Å². The van der Waals surface area contributed by atoms with Crippen LogP contribution in [0, 0.1) is 0 Å². The van der Waals surface area contributed by atoms with E-state index in [0.29, 0.717) is 19.7 Å². The molecule has 0 unspecified atom stereocenters. The lowest BCUT2D eigenvalue weighted by molar-refractivity contribution is 0.102. The van der Waals surface area contributed by atoms with Crippen molar-refractivity contribution in [2.45, 2.75) is 52.6 Å². The predicted octanol–water partition coefficient (Wildman–Crippen LogP) is 4.35. The first-order valence-corrected chi connectivity index (χ1v) is 9.29. The maximum atomic E-state index is 12.1. The summed E-state index contributed by atoms with van der Waals surface area (Å²) in [5.41, 5.74) is 3.83. The van der Waals surface area contributed by atoms with Gasteiger partial charge in [0.15, 0.2) is 0 Å². The Morgan fingerprint density at radius 3 is 2.80 bits per heavy atom. The van der Waals surface area contributed by atoms with Gasteiger partial charge in [0.1, 0.15) is 5.75 Å². The van der Waals surface area contributed by atoms with Crippen LogP contribution in [0.4, 0.5) is 4.79 Å². The van der Waals surface area contributed by atoms with E-state index in [1.165, 1.54) is 41.4 Å². The first-order valence-electron chi connectivity index (χ1n) is 9.29. The summed E-state index contributed by atoms with van der Waals surface area (Å²) in [5, 5.41) is 1.22. The van der Waals surface area contributed by atoms with Gasteiger partial charge in [-0.05, 0) is 25.5 Å². The molecule has 136 valence electrons. The number of hydrogen-bond donors (Lipinski definition) is 0. The van der Waals surface area contributed by atoms with Gasteiger partial charge in [-0.2, -0.15) is 0 Å². The molecule has 0 fully saturated rings. The molecule has 1 aliphatic heterocycles. The molecule has 5 heteroatoms. The Bertz CT molecular complexity index is 751. The Labute approximate surface area is 149 Å². The first-order chi connectivity index (χ1) is 12.2. The van der Waals surface area contributed by atoms with Crippen LogP contribution in [0.3, 0.4) is 0 Å². The Kier molecular flexibility index (Phi) is 5.51. The molecule has 0 saturated carbocycles. The zero-order valence-corrected chi connectivity index (χ0v) is 15.5. The number of carbonyl (C=O) groups excluding carboxylic acids is 1. The molecule has 0 N–H and O–H groups in total. The van der Waals surface area contributed by atoms with Crippen molar-refractivity contribution < 1.29 is 14.3 Å². The second kappa shape index (κ2) is 7.81. The van der Waals surface area contributed by atoms with Gasteiger partial charge in [-0.25, -0.2) is 4.79 Å². The molecule has 1 aromatic carbocycles. The van der Waals surface area contributed by atoms with Crippen LogP contribution in [0.15, 0.2) is 18.2 Å². The fraction of sp³-hybridized carbons (Fsp3) is 0.550. The quantitative estimate of drug-likeness (QED) is 0.732. The Hall–Kier alpha value is -2.17. The van der Waals surface area contributed by atoms with E-state index in [-0.39, 0.29) is 6.09 Å². The summed E-state index contributed by atoms with van der Waals surface area (Å²) >= 11 is 0. The molecule has 1 aliphatic rings. The lowest BCUT2D eigenvalue weighted by Crippen LogP contribution is -2.36. The molecule has 1 amide bonds. The number of aryl methyl sites for hydroxylation is 1. The number of unbranched alkanes of at least 4 members (excludes halogenated alkanes) is 2. The lowest BCUT2D eigenvalue weighted by atomic mass is 10.0. The van der Waals surface area contributed by atoms with Gasteiger partial charge in [0.2, 0.25) is 0 Å². The molecule has 0 spiro atoms. The van der Waals surface area contributed by atoms with Crippen LogP contribution >= 0.6 is 0 Å². The summed E-state index contributed by atoms with van der Waals surface area (Å²) in [6.45, 7) is 6.85. The van der Waals surface area contributed by atoms with E-state index >= 15 is 0 Å². The number of amides is 1. The molecule has 25 heavy (non-hydrogen) atoms. The van der Waals surface area contributed by atoms with E-state index in [1.807, 2.05) is 17.9 Å². The summed E-state index contributed by atoms with van der Waals surface area (Å²) in [5.74, 6) is 0.876. The molecular weight excluding hydrogens is 316 g/mol. The van der Waals surface area contributed by atoms with E-state index in [1.54, 1.807) is 7.11 Å². The van der Waals surface area contributed by atoms with Gasteiger partial charge in [0, 0.05) is 42.2 Å². The molecular formula is C20H28N2O3. The van der Waals surface area contributed by atoms with Crippen LogP contribution in [0.2, 0.25) is 0 Å². The zero-order valence-electron chi connectivity index (χ0n) is 15.5. The third-order valence-electron chi connectivity index (χ3n) is 4.97. The summed E-state index contributed by atoms with van der Waals surface area (Å²) in [6.07, 6.45) is 4.27. The summed E-state index contributed by atoms with van der Waals surface area (Å²) in [6, 6.07) is 6.24. The highest BCUT2D eigenvalue weighted by Crippen LogP contribution is 2.33. The minimum absolute atomic E-state index is 0.214. The van der Waals surface area contributed by atoms with Gasteiger partial charge in [-0.15, -0.1) is 0 Å². The number of carbonyl (C=O) groups is 1. The monoisotopic (exact) mass is 344 g/mol. The van der Waals surface area contributed by atoms with Crippen LogP contribution in [0.1, 0.15) is 44.4 Å². The fourth-order valence-corrected chi connectivity index (χ4v) is 3.70. The van der Waals surface area contributed by atoms with E-state index in [9.17, 15) is 4.79 Å². The fourth-order valence-electron chi connectivity index (χ4n) is 3.70. The molecule has 3 rings (SSSR count). The van der Waals surface area contributed by atoms with Crippen molar-refractivity contribution in [3.8, 4) is 5.75 Å². The minimum atomic E-state index is -0.214. The Morgan fingerprint density at radius 1 is 1.24 bits per heavy atom. The van der Waals surface area contributed by atoms with E-state index < -0.39 is 0 Å². The highest BCUT2D eigenvalue weighted by atomic mass is 16.6. The van der Waals surface area contributed by atoms with Crippen LogP contribution < -0.4 is 4.74 Å². The maximum Gasteiger partial charge on any atom is 0.410 e. The van der Waals surface area contributed by atoms with Crippen molar-refractivity contribution in [2.24, 2.45) is 0 Å². The van der Waals surface area contributed by atoms with Gasteiger partial charge in [-0.3, -0.25) is 0 Å². The first kappa shape index (κ1) is 17.6. The SMILES string of the molecule is CCCCCn1c2c(c3ccc(OC)cc31)CN(C(=O)OCC)CC2. The Balaban J connectivity index is 1.99. The van der Waals surface area contributed by atoms with Crippen molar-refractivity contribution in [2.75, 3.05) is 20.3 Å². The number of methoxy groups -OCH3 is 1. The summed E-state index contributed by atoms with van der Waals surface area (Å²) in [7, 11) is 1.70. The van der Waals surface area contributed by atoms with E-state index in [0.717, 1.165) is 18.7 Å². The minimum Gasteiger partial charge on any atom is -0.497 e. The summed E-state index contributed by atoms with van der Waals surface area (Å²) < 4.78 is 13.1. The van der Waals surface area contributed by atoms with Crippen LogP contribution in [-0.2, 0) is 24.2 Å². The second-order valence-corrected chi connectivity index (χ2v) is 6.54. The van der Waals surface area contributed by atoms with Crippen molar-refractivity contribution in [3.05, 3.63) is 29.5 Å². The molecule has 0 aliphatic carbocycles. The molecule has 1 aromatic heterocycles. The number of ether oxygens (including phenoxy) is 2. The number of rotatable bonds is 6. The van der Waals surface area contributed by atoms with E-state index in [4.69, 9.17) is 9.47 Å². The maximum absolute atomic E-state index is 12.1. The molecule has 0 saturated heterocycles. The number of aromatic nitrogens is 1. The van der Waals surface area contributed by atoms with Gasteiger partial charge in [-0.1, -0.05) is 19.8 Å². The Morgan fingerprint density at radius 2 is 2.08 bits per heavy atom. The van der Waals surface area contributed by atoms with Gasteiger partial charge in [0.05, 0.1) is 25.8 Å². The standard InChI is InChI=1S/C20H28N2O3/c1-4-6-7-11-22-18-10-12-21(20(23)25-5-2)14-17(18)16-9-8-15(24-3)13-19(16)22/h8-9,13H,4-7,10-12,14H2,1-3H3. The molecule has 0 radical (unpaired) electrons. The summed E-state index contributed by atoms with van der Waals surface area (Å²) in [4.78, 5) is 14.0. The lowest BCUT2D eigenvalue weighted by Gasteiger charge is -2.27. The van der Waals surface area contributed by atoms with Crippen LogP contribution in [-0.4, -0.2) is 35.8 Å². The van der Waals surface area contributed by atoms with Crippen molar-refractivity contribution >= 4 is 17.0 Å². The van der Waals surface area contributed by atoms with Gasteiger partial charge < -0.3 is 18.9 Å². The normalized spacial score (nSPS) is 13.8. The number of nitrogens with zero attached hydrogens (tertiary/aromatic N) is 2. The van der Waals surface area contributed by atoms with Crippen molar-refractivity contribution in [1.29, 1.82) is 0 Å². The predicted molar refractivity (Wildman–Crippen MR) is 99.2 cm³/mol. The number of hydrogen-bond acceptors (Lipinski definition) is 3. The van der Waals surface area contributed by atoms with Crippen LogP contribution in [0.25, 0.3) is 10.9 Å². The molecule has 2 aromatic rings.